The van der Waals surface area contributed by atoms with E-state index in [0.29, 0.717) is 11.4 Å². The van der Waals surface area contributed by atoms with Crippen LogP contribution in [0.4, 0.5) is 11.4 Å². The van der Waals surface area contributed by atoms with Crippen molar-refractivity contribution in [3.05, 3.63) is 37.4 Å². The molecule has 1 rings (SSSR count). The number of hydrogen-bond donors (Lipinski definition) is 0. The van der Waals surface area contributed by atoms with Gasteiger partial charge in [-0.15, -0.1) is 13.2 Å². The summed E-state index contributed by atoms with van der Waals surface area (Å²) < 4.78 is 0. The monoisotopic (exact) mass is 188 g/mol. The van der Waals surface area contributed by atoms with Crippen molar-refractivity contribution in [2.45, 2.75) is 0 Å². The van der Waals surface area contributed by atoms with E-state index >= 15 is 0 Å². The van der Waals surface area contributed by atoms with E-state index in [1.807, 2.05) is 0 Å². The first-order chi connectivity index (χ1) is 6.88. The fourth-order valence-corrected chi connectivity index (χ4v) is 0.752. The number of carbonyl (C=O) groups excluding carboxylic acids is 2. The van der Waals surface area contributed by atoms with Gasteiger partial charge in [-0.2, -0.15) is 9.98 Å². The van der Waals surface area contributed by atoms with Gasteiger partial charge in [0.05, 0.1) is 0 Å². The standard InChI is InChI=1S/C8H4N2O2.C2H4/c11-5-9-7-3-1-2-4-8(7)10-6-12;1-2/h1-4H;1-2H2. The molecule has 0 aliphatic carbocycles. The van der Waals surface area contributed by atoms with Crippen LogP contribution in [0.15, 0.2) is 47.4 Å². The molecule has 0 aliphatic rings. The minimum absolute atomic E-state index is 0.316. The molecule has 0 atom stereocenters. The lowest BCUT2D eigenvalue weighted by Gasteiger charge is -1.92. The maximum atomic E-state index is 9.90. The molecule has 0 N–H and O–H groups in total. The Morgan fingerprint density at radius 3 is 1.57 bits per heavy atom. The van der Waals surface area contributed by atoms with Gasteiger partial charge >= 0.3 is 0 Å². The fraction of sp³-hybridized carbons (Fsp3) is 0. The molecule has 14 heavy (non-hydrogen) atoms. The van der Waals surface area contributed by atoms with Gasteiger partial charge in [0.15, 0.2) is 0 Å². The Balaban J connectivity index is 0.000000791. The van der Waals surface area contributed by atoms with Crippen molar-refractivity contribution in [3.63, 3.8) is 0 Å². The van der Waals surface area contributed by atoms with Gasteiger partial charge in [0, 0.05) is 0 Å². The number of aliphatic imine (C=N–C) groups is 2. The second-order valence-electron chi connectivity index (χ2n) is 1.89. The molecule has 0 unspecified atom stereocenters. The van der Waals surface area contributed by atoms with Crippen LogP contribution in [0.1, 0.15) is 0 Å². The van der Waals surface area contributed by atoms with Crippen molar-refractivity contribution in [3.8, 4) is 0 Å². The summed E-state index contributed by atoms with van der Waals surface area (Å²) in [6, 6.07) is 6.47. The first-order valence-corrected chi connectivity index (χ1v) is 3.63. The summed E-state index contributed by atoms with van der Waals surface area (Å²) in [5.74, 6) is 0. The molecule has 1 aromatic carbocycles. The Kier molecular flexibility index (Phi) is 6.17. The second-order valence-corrected chi connectivity index (χ2v) is 1.89. The highest BCUT2D eigenvalue weighted by molar-refractivity contribution is 5.67. The van der Waals surface area contributed by atoms with Crippen LogP contribution in [-0.2, 0) is 9.59 Å². The average Bonchev–Trinajstić information content (AvgIpc) is 2.25. The maximum absolute atomic E-state index is 9.90. The number of para-hydroxylation sites is 2. The zero-order valence-electron chi connectivity index (χ0n) is 7.43. The van der Waals surface area contributed by atoms with Gasteiger partial charge in [0.2, 0.25) is 12.2 Å². The van der Waals surface area contributed by atoms with Gasteiger partial charge in [0.1, 0.15) is 11.4 Å². The summed E-state index contributed by atoms with van der Waals surface area (Å²) in [4.78, 5) is 26.5. The summed E-state index contributed by atoms with van der Waals surface area (Å²) in [7, 11) is 0. The normalized spacial score (nSPS) is 7.14. The molecule has 0 saturated carbocycles. The first kappa shape index (κ1) is 11.7. The Labute approximate surface area is 81.3 Å². The zero-order chi connectivity index (χ0) is 10.8. The van der Waals surface area contributed by atoms with Crippen molar-refractivity contribution in [1.82, 2.24) is 0 Å². The highest BCUT2D eigenvalue weighted by Gasteiger charge is 1.96. The molecule has 70 valence electrons. The number of hydrogen-bond acceptors (Lipinski definition) is 4. The highest BCUT2D eigenvalue weighted by Crippen LogP contribution is 2.25. The Morgan fingerprint density at radius 1 is 0.929 bits per heavy atom. The number of rotatable bonds is 2. The van der Waals surface area contributed by atoms with E-state index < -0.39 is 0 Å². The Hall–Kier alpha value is -2.28. The predicted octanol–water partition coefficient (Wildman–Crippen LogP) is 2.42. The van der Waals surface area contributed by atoms with Crippen molar-refractivity contribution < 1.29 is 9.59 Å². The van der Waals surface area contributed by atoms with Crippen molar-refractivity contribution in [2.75, 3.05) is 0 Å². The van der Waals surface area contributed by atoms with E-state index in [9.17, 15) is 9.59 Å². The van der Waals surface area contributed by atoms with E-state index in [-0.39, 0.29) is 0 Å². The fourth-order valence-electron chi connectivity index (χ4n) is 0.752. The van der Waals surface area contributed by atoms with Crippen LogP contribution in [0.2, 0.25) is 0 Å². The van der Waals surface area contributed by atoms with Gasteiger partial charge < -0.3 is 0 Å². The maximum Gasteiger partial charge on any atom is 0.240 e. The summed E-state index contributed by atoms with van der Waals surface area (Å²) in [5.41, 5.74) is 0.631. The zero-order valence-corrected chi connectivity index (χ0v) is 7.43. The van der Waals surface area contributed by atoms with Crippen molar-refractivity contribution in [1.29, 1.82) is 0 Å². The molecule has 0 radical (unpaired) electrons. The van der Waals surface area contributed by atoms with Gasteiger partial charge in [-0.1, -0.05) is 12.1 Å². The molecule has 0 bridgehead atoms. The second kappa shape index (κ2) is 7.37. The SMILES string of the molecule is C=C.O=C=Nc1ccccc1N=C=O. The van der Waals surface area contributed by atoms with E-state index in [0.717, 1.165) is 0 Å². The quantitative estimate of drug-likeness (QED) is 0.406. The number of isocyanates is 2. The lowest BCUT2D eigenvalue weighted by Crippen LogP contribution is -1.66. The summed E-state index contributed by atoms with van der Waals surface area (Å²) in [6.45, 7) is 6.00. The van der Waals surface area contributed by atoms with E-state index in [4.69, 9.17) is 0 Å². The van der Waals surface area contributed by atoms with Crippen LogP contribution in [0.25, 0.3) is 0 Å². The average molecular weight is 188 g/mol. The van der Waals surface area contributed by atoms with Crippen LogP contribution in [-0.4, -0.2) is 12.2 Å². The molecule has 1 aromatic rings. The molecule has 4 heteroatoms. The summed E-state index contributed by atoms with van der Waals surface area (Å²) in [5, 5.41) is 0. The van der Waals surface area contributed by atoms with Gasteiger partial charge in [-0.25, -0.2) is 9.59 Å². The lowest BCUT2D eigenvalue weighted by atomic mass is 10.3. The van der Waals surface area contributed by atoms with Crippen LogP contribution in [0, 0.1) is 0 Å². The van der Waals surface area contributed by atoms with Gasteiger partial charge in [-0.05, 0) is 12.1 Å². The molecule has 0 saturated heterocycles. The van der Waals surface area contributed by atoms with Gasteiger partial charge in [-0.3, -0.25) is 0 Å². The smallest absolute Gasteiger partial charge is 0.211 e. The first-order valence-electron chi connectivity index (χ1n) is 3.63. The minimum atomic E-state index is 0.316. The molecule has 0 heterocycles. The summed E-state index contributed by atoms with van der Waals surface area (Å²) >= 11 is 0. The number of nitrogens with zero attached hydrogens (tertiary/aromatic N) is 2. The predicted molar refractivity (Wildman–Crippen MR) is 53.3 cm³/mol. The van der Waals surface area contributed by atoms with Crippen LogP contribution in [0.3, 0.4) is 0 Å². The van der Waals surface area contributed by atoms with Crippen LogP contribution < -0.4 is 0 Å². The van der Waals surface area contributed by atoms with Crippen LogP contribution in [0.5, 0.6) is 0 Å². The van der Waals surface area contributed by atoms with E-state index in [1.165, 1.54) is 12.2 Å². The Morgan fingerprint density at radius 2 is 1.29 bits per heavy atom. The molecule has 0 aliphatic heterocycles. The molecule has 0 aromatic heterocycles. The third-order valence-electron chi connectivity index (χ3n) is 1.21. The molecular formula is C10H8N2O2. The highest BCUT2D eigenvalue weighted by atomic mass is 16.1. The molecular weight excluding hydrogens is 180 g/mol. The van der Waals surface area contributed by atoms with Crippen molar-refractivity contribution >= 4 is 23.5 Å². The molecule has 0 fully saturated rings. The topological polar surface area (TPSA) is 58.9 Å². The van der Waals surface area contributed by atoms with Crippen LogP contribution >= 0.6 is 0 Å². The third-order valence-corrected chi connectivity index (χ3v) is 1.21. The van der Waals surface area contributed by atoms with E-state index in [2.05, 4.69) is 23.1 Å². The largest absolute Gasteiger partial charge is 0.240 e. The molecule has 0 amide bonds. The minimum Gasteiger partial charge on any atom is -0.211 e. The van der Waals surface area contributed by atoms with Crippen molar-refractivity contribution in [2.24, 2.45) is 9.98 Å². The van der Waals surface area contributed by atoms with E-state index in [1.54, 1.807) is 24.3 Å². The summed E-state index contributed by atoms with van der Waals surface area (Å²) in [6.07, 6.45) is 2.74. The third kappa shape index (κ3) is 3.41. The Bertz CT molecular complexity index is 352. The lowest BCUT2D eigenvalue weighted by molar-refractivity contribution is 0.564. The van der Waals surface area contributed by atoms with Gasteiger partial charge in [0.25, 0.3) is 0 Å². The number of benzene rings is 1. The molecule has 0 spiro atoms. The molecule has 4 nitrogen and oxygen atoms in total.